The second-order valence-corrected chi connectivity index (χ2v) is 6.43. The quantitative estimate of drug-likeness (QED) is 0.663. The van der Waals surface area contributed by atoms with Crippen LogP contribution in [-0.4, -0.2) is 57.4 Å². The molecule has 7 heteroatoms. The first-order valence-corrected chi connectivity index (χ1v) is 7.54. The summed E-state index contributed by atoms with van der Waals surface area (Å²) in [7, 11) is 0. The molecule has 1 rings (SSSR count). The van der Waals surface area contributed by atoms with Crippen LogP contribution in [-0.2, 0) is 11.3 Å². The number of hydrogen-bond acceptors (Lipinski definition) is 5. The minimum atomic E-state index is -0.596. The minimum Gasteiger partial charge on any atom is -0.444 e. The topological polar surface area (TPSA) is 90.5 Å². The molecule has 0 bridgehead atoms. The van der Waals surface area contributed by atoms with Gasteiger partial charge in [-0.2, -0.15) is 0 Å². The van der Waals surface area contributed by atoms with Gasteiger partial charge in [-0.05, 0) is 34.6 Å². The zero-order chi connectivity index (χ0) is 16.8. The average Bonchev–Trinajstić information content (AvgIpc) is 2.76. The van der Waals surface area contributed by atoms with E-state index in [2.05, 4.69) is 15.3 Å². The second-order valence-electron chi connectivity index (χ2n) is 6.43. The van der Waals surface area contributed by atoms with Crippen molar-refractivity contribution >= 4 is 6.09 Å². The number of aliphatic hydroxyl groups excluding tert-OH is 1. The molecule has 22 heavy (non-hydrogen) atoms. The van der Waals surface area contributed by atoms with E-state index in [9.17, 15) is 9.90 Å². The number of aromatic amines is 1. The Labute approximate surface area is 132 Å². The lowest BCUT2D eigenvalue weighted by Crippen LogP contribution is -2.43. The van der Waals surface area contributed by atoms with Crippen LogP contribution in [0.1, 0.15) is 39.1 Å². The van der Waals surface area contributed by atoms with E-state index in [1.165, 1.54) is 4.90 Å². The number of imidazole rings is 1. The number of rotatable bonds is 7. The molecule has 0 radical (unpaired) electrons. The predicted octanol–water partition coefficient (Wildman–Crippen LogP) is 1.43. The van der Waals surface area contributed by atoms with E-state index in [4.69, 9.17) is 4.74 Å². The molecule has 1 unspecified atom stereocenters. The van der Waals surface area contributed by atoms with Crippen molar-refractivity contribution in [2.24, 2.45) is 0 Å². The molecule has 1 aromatic heterocycles. The van der Waals surface area contributed by atoms with Gasteiger partial charge in [-0.25, -0.2) is 9.78 Å². The highest BCUT2D eigenvalue weighted by Crippen LogP contribution is 2.10. The van der Waals surface area contributed by atoms with Gasteiger partial charge < -0.3 is 25.0 Å². The highest BCUT2D eigenvalue weighted by atomic mass is 16.6. The maximum atomic E-state index is 12.1. The van der Waals surface area contributed by atoms with E-state index in [-0.39, 0.29) is 6.54 Å². The number of amides is 1. The zero-order valence-electron chi connectivity index (χ0n) is 14.1. The van der Waals surface area contributed by atoms with E-state index in [0.29, 0.717) is 19.6 Å². The summed E-state index contributed by atoms with van der Waals surface area (Å²) in [6, 6.07) is 0. The summed E-state index contributed by atoms with van der Waals surface area (Å²) in [6.45, 7) is 11.0. The number of carbonyl (C=O) groups is 1. The van der Waals surface area contributed by atoms with Gasteiger partial charge in [0.2, 0.25) is 0 Å². The molecule has 3 N–H and O–H groups in total. The lowest BCUT2D eigenvalue weighted by molar-refractivity contribution is 0.0164. The highest BCUT2D eigenvalue weighted by Gasteiger charge is 2.22. The van der Waals surface area contributed by atoms with Crippen molar-refractivity contribution in [1.29, 1.82) is 0 Å². The standard InChI is InChI=1S/C15H28N4O3/c1-11(20)9-19(14(21)22-15(3,4)5)7-6-16-8-13-12(2)17-10-18-13/h10-11,16,20H,6-9H2,1-5H3,(H,17,18). The fourth-order valence-corrected chi connectivity index (χ4v) is 1.89. The first-order chi connectivity index (χ1) is 10.2. The van der Waals surface area contributed by atoms with Crippen LogP contribution in [0, 0.1) is 6.92 Å². The van der Waals surface area contributed by atoms with Crippen LogP contribution in [0.2, 0.25) is 0 Å². The van der Waals surface area contributed by atoms with Gasteiger partial charge in [0, 0.05) is 31.9 Å². The first kappa shape index (κ1) is 18.4. The van der Waals surface area contributed by atoms with Gasteiger partial charge in [-0.1, -0.05) is 0 Å². The largest absolute Gasteiger partial charge is 0.444 e. The van der Waals surface area contributed by atoms with Crippen LogP contribution in [0.4, 0.5) is 4.79 Å². The van der Waals surface area contributed by atoms with Crippen LogP contribution in [0.3, 0.4) is 0 Å². The number of nitrogens with zero attached hydrogens (tertiary/aromatic N) is 2. The van der Waals surface area contributed by atoms with E-state index < -0.39 is 17.8 Å². The van der Waals surface area contributed by atoms with Crippen LogP contribution < -0.4 is 5.32 Å². The van der Waals surface area contributed by atoms with Gasteiger partial charge in [0.1, 0.15) is 5.60 Å². The predicted molar refractivity (Wildman–Crippen MR) is 84.5 cm³/mol. The maximum absolute atomic E-state index is 12.1. The molecule has 1 amide bonds. The van der Waals surface area contributed by atoms with E-state index >= 15 is 0 Å². The molecule has 7 nitrogen and oxygen atoms in total. The molecule has 0 fully saturated rings. The fraction of sp³-hybridized carbons (Fsp3) is 0.733. The van der Waals surface area contributed by atoms with Crippen molar-refractivity contribution in [3.8, 4) is 0 Å². The van der Waals surface area contributed by atoms with Crippen molar-refractivity contribution in [2.45, 2.75) is 52.9 Å². The molecule has 126 valence electrons. The Balaban J connectivity index is 2.44. The Hall–Kier alpha value is -1.60. The molecule has 1 atom stereocenters. The Morgan fingerprint density at radius 2 is 2.23 bits per heavy atom. The van der Waals surface area contributed by atoms with Crippen molar-refractivity contribution in [3.63, 3.8) is 0 Å². The summed E-state index contributed by atoms with van der Waals surface area (Å²) >= 11 is 0. The van der Waals surface area contributed by atoms with Crippen LogP contribution in [0.25, 0.3) is 0 Å². The third-order valence-electron chi connectivity index (χ3n) is 2.92. The second kappa shape index (κ2) is 8.14. The van der Waals surface area contributed by atoms with Crippen molar-refractivity contribution in [3.05, 3.63) is 17.7 Å². The smallest absolute Gasteiger partial charge is 0.410 e. The van der Waals surface area contributed by atoms with Crippen molar-refractivity contribution in [1.82, 2.24) is 20.2 Å². The molecule has 0 saturated carbocycles. The summed E-state index contributed by atoms with van der Waals surface area (Å²) in [5.41, 5.74) is 1.44. The molecule has 0 aliphatic carbocycles. The number of aliphatic hydroxyl groups is 1. The Morgan fingerprint density at radius 3 is 2.73 bits per heavy atom. The summed E-state index contributed by atoms with van der Waals surface area (Å²) in [5.74, 6) is 0. The molecule has 0 aromatic carbocycles. The summed E-state index contributed by atoms with van der Waals surface area (Å²) in [6.07, 6.45) is 0.652. The van der Waals surface area contributed by atoms with Crippen LogP contribution >= 0.6 is 0 Å². The van der Waals surface area contributed by atoms with Gasteiger partial charge in [-0.3, -0.25) is 0 Å². The Morgan fingerprint density at radius 1 is 1.55 bits per heavy atom. The molecule has 0 saturated heterocycles. The lowest BCUT2D eigenvalue weighted by atomic mass is 10.2. The molecule has 1 aromatic rings. The number of nitrogens with one attached hydrogen (secondary N) is 2. The fourth-order valence-electron chi connectivity index (χ4n) is 1.89. The van der Waals surface area contributed by atoms with Gasteiger partial charge in [-0.15, -0.1) is 0 Å². The van der Waals surface area contributed by atoms with Crippen LogP contribution in [0.5, 0.6) is 0 Å². The maximum Gasteiger partial charge on any atom is 0.410 e. The summed E-state index contributed by atoms with van der Waals surface area (Å²) in [4.78, 5) is 20.9. The summed E-state index contributed by atoms with van der Waals surface area (Å²) < 4.78 is 5.35. The minimum absolute atomic E-state index is 0.248. The van der Waals surface area contributed by atoms with E-state index in [1.54, 1.807) is 13.3 Å². The number of carbonyl (C=O) groups excluding carboxylic acids is 1. The lowest BCUT2D eigenvalue weighted by Gasteiger charge is -2.28. The Kier molecular flexibility index (Phi) is 6.83. The van der Waals surface area contributed by atoms with Gasteiger partial charge >= 0.3 is 6.09 Å². The zero-order valence-corrected chi connectivity index (χ0v) is 14.1. The number of ether oxygens (including phenoxy) is 1. The van der Waals surface area contributed by atoms with Gasteiger partial charge in [0.25, 0.3) is 0 Å². The molecular weight excluding hydrogens is 284 g/mol. The monoisotopic (exact) mass is 312 g/mol. The summed E-state index contributed by atoms with van der Waals surface area (Å²) in [5, 5.41) is 12.8. The Bertz CT molecular complexity index is 466. The van der Waals surface area contributed by atoms with E-state index in [1.807, 2.05) is 27.7 Å². The highest BCUT2D eigenvalue weighted by molar-refractivity contribution is 5.68. The number of H-pyrrole nitrogens is 1. The first-order valence-electron chi connectivity index (χ1n) is 7.54. The average molecular weight is 312 g/mol. The number of aryl methyl sites for hydroxylation is 1. The van der Waals surface area contributed by atoms with Crippen molar-refractivity contribution < 1.29 is 14.6 Å². The third kappa shape index (κ3) is 6.91. The molecule has 0 aliphatic rings. The molecule has 0 aliphatic heterocycles. The van der Waals surface area contributed by atoms with Gasteiger partial charge in [0.05, 0.1) is 18.1 Å². The molecular formula is C15H28N4O3. The normalized spacial score (nSPS) is 13.0. The SMILES string of the molecule is Cc1[nH]cnc1CNCCN(CC(C)O)C(=O)OC(C)(C)C. The number of aromatic nitrogens is 2. The third-order valence-corrected chi connectivity index (χ3v) is 2.92. The van der Waals surface area contributed by atoms with Crippen LogP contribution in [0.15, 0.2) is 6.33 Å². The van der Waals surface area contributed by atoms with Gasteiger partial charge in [0.15, 0.2) is 0 Å². The van der Waals surface area contributed by atoms with E-state index in [0.717, 1.165) is 11.4 Å². The molecule has 1 heterocycles. The number of hydrogen-bond donors (Lipinski definition) is 3. The van der Waals surface area contributed by atoms with Crippen molar-refractivity contribution in [2.75, 3.05) is 19.6 Å². The molecule has 0 spiro atoms.